The van der Waals surface area contributed by atoms with Crippen molar-refractivity contribution in [2.24, 2.45) is 0 Å². The van der Waals surface area contributed by atoms with Gasteiger partial charge in [-0.2, -0.15) is 5.10 Å². The number of aromatic nitrogens is 2. The topological polar surface area (TPSA) is 107 Å². The highest BCUT2D eigenvalue weighted by Gasteiger charge is 2.10. The lowest BCUT2D eigenvalue weighted by Gasteiger charge is -2.11. The number of carboxylic acids is 1. The van der Waals surface area contributed by atoms with Crippen LogP contribution in [0, 0.1) is 0 Å². The van der Waals surface area contributed by atoms with E-state index in [0.29, 0.717) is 0 Å². The summed E-state index contributed by atoms with van der Waals surface area (Å²) >= 11 is 0. The molecule has 1 unspecified atom stereocenters. The molecule has 0 saturated heterocycles. The maximum atomic E-state index is 11.1. The van der Waals surface area contributed by atoms with E-state index >= 15 is 0 Å². The minimum atomic E-state index is -1.08. The minimum absolute atomic E-state index is 0.224. The molecule has 0 aliphatic heterocycles. The maximum absolute atomic E-state index is 11.1. The van der Waals surface area contributed by atoms with Crippen molar-refractivity contribution in [2.45, 2.75) is 13.0 Å². The van der Waals surface area contributed by atoms with Crippen LogP contribution in [0.3, 0.4) is 0 Å². The van der Waals surface area contributed by atoms with Gasteiger partial charge in [0.05, 0.1) is 12.2 Å². The predicted molar refractivity (Wildman–Crippen MR) is 51.2 cm³/mol. The zero-order chi connectivity index (χ0) is 11.3. The number of nitrogens with zero attached hydrogens (tertiary/aromatic N) is 1. The molecule has 0 bridgehead atoms. The Balaban J connectivity index is 2.35. The largest absolute Gasteiger partial charge is 0.480 e. The summed E-state index contributed by atoms with van der Waals surface area (Å²) in [5, 5.41) is 19.4. The number of amides is 2. The molecule has 0 spiro atoms. The molecule has 15 heavy (non-hydrogen) atoms. The first-order chi connectivity index (χ1) is 7.09. The number of urea groups is 1. The number of hydrogen-bond acceptors (Lipinski definition) is 3. The van der Waals surface area contributed by atoms with E-state index in [1.807, 2.05) is 0 Å². The molecule has 0 aromatic carbocycles. The van der Waals surface area contributed by atoms with Crippen LogP contribution in [0.4, 0.5) is 4.79 Å². The van der Waals surface area contributed by atoms with Gasteiger partial charge in [0.2, 0.25) is 0 Å². The van der Waals surface area contributed by atoms with Gasteiger partial charge in [0.15, 0.2) is 0 Å². The van der Waals surface area contributed by atoms with Gasteiger partial charge >= 0.3 is 12.0 Å². The lowest BCUT2D eigenvalue weighted by molar-refractivity contribution is -0.135. The first-order valence-corrected chi connectivity index (χ1v) is 4.34. The lowest BCUT2D eigenvalue weighted by atomic mass is 10.2. The first kappa shape index (κ1) is 11.0. The molecule has 0 radical (unpaired) electrons. The smallest absolute Gasteiger partial charge is 0.323 e. The number of nitrogens with one attached hydrogen (secondary N) is 3. The van der Waals surface area contributed by atoms with Gasteiger partial charge in [-0.25, -0.2) is 4.79 Å². The van der Waals surface area contributed by atoms with E-state index in [1.165, 1.54) is 0 Å². The quantitative estimate of drug-likeness (QED) is 0.556. The van der Waals surface area contributed by atoms with E-state index in [1.54, 1.807) is 19.3 Å². The summed E-state index contributed by atoms with van der Waals surface area (Å²) in [4.78, 5) is 21.3. The van der Waals surface area contributed by atoms with E-state index in [9.17, 15) is 9.59 Å². The van der Waals surface area contributed by atoms with Crippen molar-refractivity contribution in [3.8, 4) is 0 Å². The summed E-state index contributed by atoms with van der Waals surface area (Å²) < 4.78 is 0. The maximum Gasteiger partial charge on any atom is 0.323 e. The van der Waals surface area contributed by atoms with Gasteiger partial charge in [-0.3, -0.25) is 9.89 Å². The fraction of sp³-hybridized carbons (Fsp3) is 0.375. The second kappa shape index (κ2) is 4.99. The molecule has 1 rings (SSSR count). The number of carbonyl (C=O) groups is 2. The summed E-state index contributed by atoms with van der Waals surface area (Å²) in [7, 11) is 0. The van der Waals surface area contributed by atoms with Crippen molar-refractivity contribution in [3.05, 3.63) is 18.0 Å². The fourth-order valence-corrected chi connectivity index (χ4v) is 0.985. The highest BCUT2D eigenvalue weighted by molar-refractivity contribution is 5.80. The van der Waals surface area contributed by atoms with E-state index in [-0.39, 0.29) is 6.04 Å². The molecular weight excluding hydrogens is 200 g/mol. The van der Waals surface area contributed by atoms with E-state index in [2.05, 4.69) is 20.8 Å². The molecular formula is C8H12N4O3. The van der Waals surface area contributed by atoms with Crippen LogP contribution in [0.1, 0.15) is 18.5 Å². The van der Waals surface area contributed by atoms with Crippen molar-refractivity contribution < 1.29 is 14.7 Å². The molecule has 82 valence electrons. The second-order valence-corrected chi connectivity index (χ2v) is 2.97. The standard InChI is InChI=1S/C8H12N4O3/c1-5(6-2-10-11-3-6)12-8(15)9-4-7(13)14/h2-3,5H,4H2,1H3,(H,10,11)(H,13,14)(H2,9,12,15). The number of H-pyrrole nitrogens is 1. The third-order valence-corrected chi connectivity index (χ3v) is 1.77. The molecule has 0 fully saturated rings. The normalized spacial score (nSPS) is 11.8. The Labute approximate surface area is 85.9 Å². The Kier molecular flexibility index (Phi) is 3.67. The summed E-state index contributed by atoms with van der Waals surface area (Å²) in [6.07, 6.45) is 3.24. The van der Waals surface area contributed by atoms with Gasteiger partial charge < -0.3 is 15.7 Å². The van der Waals surface area contributed by atoms with Gasteiger partial charge in [0.1, 0.15) is 6.54 Å². The number of carbonyl (C=O) groups excluding carboxylic acids is 1. The average Bonchev–Trinajstić information content (AvgIpc) is 2.67. The van der Waals surface area contributed by atoms with Crippen molar-refractivity contribution in [1.29, 1.82) is 0 Å². The Morgan fingerprint density at radius 3 is 2.93 bits per heavy atom. The molecule has 1 aromatic rings. The molecule has 0 aliphatic rings. The van der Waals surface area contributed by atoms with Crippen molar-refractivity contribution >= 4 is 12.0 Å². The third-order valence-electron chi connectivity index (χ3n) is 1.77. The zero-order valence-electron chi connectivity index (χ0n) is 8.15. The van der Waals surface area contributed by atoms with Crippen molar-refractivity contribution in [1.82, 2.24) is 20.8 Å². The number of aliphatic carboxylic acids is 1. The molecule has 1 heterocycles. The summed E-state index contributed by atoms with van der Waals surface area (Å²) in [5.41, 5.74) is 0.820. The third kappa shape index (κ3) is 3.67. The molecule has 0 aliphatic carbocycles. The van der Waals surface area contributed by atoms with Crippen LogP contribution in [0.15, 0.2) is 12.4 Å². The number of aromatic amines is 1. The van der Waals surface area contributed by atoms with E-state index in [4.69, 9.17) is 5.11 Å². The molecule has 1 aromatic heterocycles. The molecule has 2 amide bonds. The summed E-state index contributed by atoms with van der Waals surface area (Å²) in [5.74, 6) is -1.08. The van der Waals surface area contributed by atoms with Crippen LogP contribution in [0.5, 0.6) is 0 Å². The van der Waals surface area contributed by atoms with Crippen LogP contribution in [-0.2, 0) is 4.79 Å². The van der Waals surface area contributed by atoms with Crippen molar-refractivity contribution in [2.75, 3.05) is 6.54 Å². The Hall–Kier alpha value is -2.05. The second-order valence-electron chi connectivity index (χ2n) is 2.97. The molecule has 7 heteroatoms. The van der Waals surface area contributed by atoms with Crippen LogP contribution < -0.4 is 10.6 Å². The van der Waals surface area contributed by atoms with Crippen LogP contribution in [0.25, 0.3) is 0 Å². The minimum Gasteiger partial charge on any atom is -0.480 e. The van der Waals surface area contributed by atoms with Crippen LogP contribution in [0.2, 0.25) is 0 Å². The lowest BCUT2D eigenvalue weighted by Crippen LogP contribution is -2.39. The van der Waals surface area contributed by atoms with Gasteiger partial charge in [-0.15, -0.1) is 0 Å². The summed E-state index contributed by atoms with van der Waals surface area (Å²) in [6.45, 7) is 1.37. The zero-order valence-corrected chi connectivity index (χ0v) is 8.15. The highest BCUT2D eigenvalue weighted by Crippen LogP contribution is 2.07. The fourth-order valence-electron chi connectivity index (χ4n) is 0.985. The van der Waals surface area contributed by atoms with Crippen LogP contribution >= 0.6 is 0 Å². The van der Waals surface area contributed by atoms with Crippen molar-refractivity contribution in [3.63, 3.8) is 0 Å². The van der Waals surface area contributed by atoms with E-state index in [0.717, 1.165) is 5.56 Å². The van der Waals surface area contributed by atoms with E-state index < -0.39 is 18.5 Å². The van der Waals surface area contributed by atoms with Gasteiger partial charge in [0, 0.05) is 11.8 Å². The molecule has 4 N–H and O–H groups in total. The Morgan fingerprint density at radius 1 is 1.67 bits per heavy atom. The Morgan fingerprint density at radius 2 is 2.40 bits per heavy atom. The van der Waals surface area contributed by atoms with Crippen LogP contribution in [-0.4, -0.2) is 33.8 Å². The highest BCUT2D eigenvalue weighted by atomic mass is 16.4. The summed E-state index contributed by atoms with van der Waals surface area (Å²) in [6, 6.07) is -0.747. The first-order valence-electron chi connectivity index (χ1n) is 4.34. The predicted octanol–water partition coefficient (Wildman–Crippen LogP) is -0.145. The number of hydrogen-bond donors (Lipinski definition) is 4. The Bertz CT molecular complexity index is 336. The SMILES string of the molecule is CC(NC(=O)NCC(=O)O)c1cn[nH]c1. The van der Waals surface area contributed by atoms with Gasteiger partial charge in [-0.05, 0) is 6.92 Å². The molecule has 7 nitrogen and oxygen atoms in total. The monoisotopic (exact) mass is 212 g/mol. The molecule has 0 saturated carbocycles. The average molecular weight is 212 g/mol. The number of carboxylic acid groups (broad SMARTS) is 1. The van der Waals surface area contributed by atoms with Gasteiger partial charge in [0.25, 0.3) is 0 Å². The number of rotatable bonds is 4. The van der Waals surface area contributed by atoms with Gasteiger partial charge in [-0.1, -0.05) is 0 Å². The molecule has 1 atom stereocenters.